The van der Waals surface area contributed by atoms with E-state index in [1.54, 1.807) is 0 Å². The van der Waals surface area contributed by atoms with Crippen molar-refractivity contribution < 1.29 is 19.2 Å². The van der Waals surface area contributed by atoms with E-state index in [0.717, 1.165) is 30.2 Å². The lowest BCUT2D eigenvalue weighted by molar-refractivity contribution is -0.193. The Balaban J connectivity index is 2.47. The fourth-order valence-corrected chi connectivity index (χ4v) is 3.17. The fourth-order valence-electron chi connectivity index (χ4n) is 2.77. The lowest BCUT2D eigenvalue weighted by Gasteiger charge is -2.23. The minimum Gasteiger partial charge on any atom is -0.460 e. The molecular formula is C23H36BrNO4. The summed E-state index contributed by atoms with van der Waals surface area (Å²) in [7, 11) is 0. The Hall–Kier alpha value is -1.40. The molecule has 0 aliphatic rings. The van der Waals surface area contributed by atoms with Gasteiger partial charge >= 0.3 is 5.97 Å². The van der Waals surface area contributed by atoms with E-state index in [2.05, 4.69) is 15.9 Å². The van der Waals surface area contributed by atoms with E-state index < -0.39 is 5.60 Å². The van der Waals surface area contributed by atoms with E-state index in [0.29, 0.717) is 13.2 Å². The molecule has 0 saturated carbocycles. The monoisotopic (exact) mass is 469 g/mol. The molecule has 1 aromatic rings. The number of unbranched alkanes of at least 4 members (excludes halogenated alkanes) is 5. The number of halogens is 1. The summed E-state index contributed by atoms with van der Waals surface area (Å²) in [5, 5.41) is 2.48. The number of hydroxylamine groups is 2. The molecule has 0 aliphatic carbocycles. The molecule has 164 valence electrons. The first-order valence-corrected chi connectivity index (χ1v) is 11.7. The summed E-state index contributed by atoms with van der Waals surface area (Å²) >= 11 is 3.45. The molecule has 0 fully saturated rings. The molecule has 0 unspecified atom stereocenters. The molecule has 0 radical (unpaired) electrons. The Kier molecular flexibility index (Phi) is 12.9. The Labute approximate surface area is 184 Å². The zero-order valence-electron chi connectivity index (χ0n) is 18.1. The van der Waals surface area contributed by atoms with Crippen LogP contribution in [0.25, 0.3) is 0 Å². The number of rotatable bonds is 14. The third kappa shape index (κ3) is 13.4. The molecule has 5 nitrogen and oxygen atoms in total. The van der Waals surface area contributed by atoms with Crippen LogP contribution >= 0.6 is 15.9 Å². The number of hydrogen-bond acceptors (Lipinski definition) is 4. The smallest absolute Gasteiger partial charge is 0.306 e. The predicted molar refractivity (Wildman–Crippen MR) is 120 cm³/mol. The van der Waals surface area contributed by atoms with E-state index >= 15 is 0 Å². The second-order valence-electron chi connectivity index (χ2n) is 8.15. The van der Waals surface area contributed by atoms with E-state index in [1.165, 1.54) is 24.3 Å². The van der Waals surface area contributed by atoms with E-state index in [1.807, 2.05) is 51.1 Å². The third-order valence-corrected chi connectivity index (χ3v) is 4.78. The van der Waals surface area contributed by atoms with Crippen molar-refractivity contribution >= 4 is 27.8 Å². The third-order valence-electron chi connectivity index (χ3n) is 4.22. The van der Waals surface area contributed by atoms with E-state index in [-0.39, 0.29) is 24.7 Å². The summed E-state index contributed by atoms with van der Waals surface area (Å²) in [4.78, 5) is 30.3. The number of carbonyl (C=O) groups is 2. The van der Waals surface area contributed by atoms with Crippen molar-refractivity contribution in [1.29, 1.82) is 0 Å². The molecule has 0 bridgehead atoms. The molecule has 1 amide bonds. The van der Waals surface area contributed by atoms with Crippen molar-refractivity contribution in [2.75, 3.05) is 11.9 Å². The molecule has 0 atom stereocenters. The van der Waals surface area contributed by atoms with Gasteiger partial charge in [0.1, 0.15) is 12.2 Å². The number of benzene rings is 1. The van der Waals surface area contributed by atoms with Crippen LogP contribution in [0.2, 0.25) is 0 Å². The zero-order valence-corrected chi connectivity index (χ0v) is 19.7. The zero-order chi connectivity index (χ0) is 21.5. The maximum absolute atomic E-state index is 12.6. The van der Waals surface area contributed by atoms with Crippen LogP contribution in [0.15, 0.2) is 30.3 Å². The van der Waals surface area contributed by atoms with Gasteiger partial charge in [-0.1, -0.05) is 71.9 Å². The Bertz CT molecular complexity index is 586. The molecule has 1 aromatic carbocycles. The van der Waals surface area contributed by atoms with E-state index in [4.69, 9.17) is 9.57 Å². The minimum atomic E-state index is -0.543. The summed E-state index contributed by atoms with van der Waals surface area (Å²) < 4.78 is 5.29. The highest BCUT2D eigenvalue weighted by Crippen LogP contribution is 2.13. The Morgan fingerprint density at radius 2 is 1.55 bits per heavy atom. The summed E-state index contributed by atoms with van der Waals surface area (Å²) in [6.07, 6.45) is 6.91. The lowest BCUT2D eigenvalue weighted by atomic mass is 10.1. The molecule has 6 heteroatoms. The number of carbonyl (C=O) groups excluding carboxylic acids is 2. The minimum absolute atomic E-state index is 0.0633. The van der Waals surface area contributed by atoms with Crippen LogP contribution in [0.1, 0.15) is 77.7 Å². The average Bonchev–Trinajstić information content (AvgIpc) is 2.67. The standard InChI is InChI=1S/C23H36BrNO4/c1-23(2,3)29-22(27)16-15-21(26)25(18-12-7-5-4-6-11-17-24)28-19-20-13-9-8-10-14-20/h8-10,13-14H,4-7,11-12,15-19H2,1-3H3. The van der Waals surface area contributed by atoms with Crippen LogP contribution in [0, 0.1) is 0 Å². The highest BCUT2D eigenvalue weighted by molar-refractivity contribution is 9.09. The summed E-state index contributed by atoms with van der Waals surface area (Å²) in [6, 6.07) is 9.77. The van der Waals surface area contributed by atoms with Gasteiger partial charge < -0.3 is 4.74 Å². The number of hydrogen-bond donors (Lipinski definition) is 0. The van der Waals surface area contributed by atoms with Gasteiger partial charge in [-0.2, -0.15) is 0 Å². The van der Waals surface area contributed by atoms with Gasteiger partial charge in [-0.3, -0.25) is 14.4 Å². The summed E-state index contributed by atoms with van der Waals surface area (Å²) in [5.74, 6) is -0.535. The van der Waals surface area contributed by atoms with Gasteiger partial charge in [0.15, 0.2) is 0 Å². The second-order valence-corrected chi connectivity index (χ2v) is 8.94. The fraction of sp³-hybridized carbons (Fsp3) is 0.652. The summed E-state index contributed by atoms with van der Waals surface area (Å²) in [6.45, 7) is 6.34. The van der Waals surface area contributed by atoms with Gasteiger partial charge in [-0.05, 0) is 39.2 Å². The molecule has 0 aromatic heterocycles. The first-order valence-electron chi connectivity index (χ1n) is 10.6. The molecule has 29 heavy (non-hydrogen) atoms. The van der Waals surface area contributed by atoms with Gasteiger partial charge in [-0.15, -0.1) is 0 Å². The Morgan fingerprint density at radius 1 is 0.931 bits per heavy atom. The SMILES string of the molecule is CC(C)(C)OC(=O)CCC(=O)N(CCCCCCCCBr)OCc1ccccc1. The lowest BCUT2D eigenvalue weighted by Crippen LogP contribution is -2.33. The Morgan fingerprint density at radius 3 is 2.17 bits per heavy atom. The molecule has 0 heterocycles. The van der Waals surface area contributed by atoms with Crippen molar-refractivity contribution in [2.24, 2.45) is 0 Å². The molecule has 0 spiro atoms. The van der Waals surface area contributed by atoms with Crippen molar-refractivity contribution in [1.82, 2.24) is 5.06 Å². The normalized spacial score (nSPS) is 11.3. The highest BCUT2D eigenvalue weighted by Gasteiger charge is 2.20. The van der Waals surface area contributed by atoms with Crippen LogP contribution in [-0.2, 0) is 25.8 Å². The number of nitrogens with zero attached hydrogens (tertiary/aromatic N) is 1. The first kappa shape index (κ1) is 25.6. The molecule has 0 N–H and O–H groups in total. The highest BCUT2D eigenvalue weighted by atomic mass is 79.9. The van der Waals surface area contributed by atoms with Crippen LogP contribution in [-0.4, -0.2) is 34.4 Å². The summed E-state index contributed by atoms with van der Waals surface area (Å²) in [5.41, 5.74) is 0.463. The average molecular weight is 470 g/mol. The maximum Gasteiger partial charge on any atom is 0.306 e. The molecule has 0 aliphatic heterocycles. The van der Waals surface area contributed by atoms with Crippen molar-refractivity contribution in [3.63, 3.8) is 0 Å². The molecular weight excluding hydrogens is 434 g/mol. The number of amides is 1. The number of esters is 1. The van der Waals surface area contributed by atoms with Crippen LogP contribution in [0.5, 0.6) is 0 Å². The molecule has 1 rings (SSSR count). The van der Waals surface area contributed by atoms with Gasteiger partial charge in [0.05, 0.1) is 6.42 Å². The quantitative estimate of drug-likeness (QED) is 0.149. The number of alkyl halides is 1. The molecule has 0 saturated heterocycles. The van der Waals surface area contributed by atoms with E-state index in [9.17, 15) is 9.59 Å². The first-order chi connectivity index (χ1) is 13.8. The van der Waals surface area contributed by atoms with Gasteiger partial charge in [-0.25, -0.2) is 5.06 Å². The maximum atomic E-state index is 12.6. The van der Waals surface area contributed by atoms with Gasteiger partial charge in [0.25, 0.3) is 0 Å². The largest absolute Gasteiger partial charge is 0.460 e. The predicted octanol–water partition coefficient (Wildman–Crippen LogP) is 5.80. The van der Waals surface area contributed by atoms with Crippen molar-refractivity contribution in [2.45, 2.75) is 84.3 Å². The van der Waals surface area contributed by atoms with Crippen LogP contribution in [0.3, 0.4) is 0 Å². The second kappa shape index (κ2) is 14.6. The van der Waals surface area contributed by atoms with Crippen molar-refractivity contribution in [3.8, 4) is 0 Å². The van der Waals surface area contributed by atoms with Crippen molar-refractivity contribution in [3.05, 3.63) is 35.9 Å². The topological polar surface area (TPSA) is 55.8 Å². The van der Waals surface area contributed by atoms with Gasteiger partial charge in [0, 0.05) is 18.3 Å². The van der Waals surface area contributed by atoms with Crippen LogP contribution < -0.4 is 0 Å². The van der Waals surface area contributed by atoms with Gasteiger partial charge in [0.2, 0.25) is 5.91 Å². The van der Waals surface area contributed by atoms with Crippen LogP contribution in [0.4, 0.5) is 0 Å². The number of ether oxygens (including phenoxy) is 1.